The maximum atomic E-state index is 12.4. The number of rotatable bonds is 2. The van der Waals surface area contributed by atoms with Crippen LogP contribution in [0.5, 0.6) is 0 Å². The van der Waals surface area contributed by atoms with Crippen molar-refractivity contribution in [3.8, 4) is 0 Å². The molecule has 3 aliphatic heterocycles. The summed E-state index contributed by atoms with van der Waals surface area (Å²) in [6, 6.07) is 0.608. The number of carbonyl (C=O) groups excluding carboxylic acids is 2. The maximum absolute atomic E-state index is 12.4. The van der Waals surface area contributed by atoms with E-state index in [9.17, 15) is 9.59 Å². The van der Waals surface area contributed by atoms with Crippen LogP contribution in [0.4, 0.5) is 0 Å². The average molecular weight is 278 g/mol. The van der Waals surface area contributed by atoms with Gasteiger partial charge >= 0.3 is 0 Å². The zero-order valence-electron chi connectivity index (χ0n) is 12.7. The van der Waals surface area contributed by atoms with Crippen LogP contribution in [0, 0.1) is 17.3 Å². The molecule has 0 saturated carbocycles. The third-order valence-electron chi connectivity index (χ3n) is 5.58. The molecule has 0 radical (unpaired) electrons. The second kappa shape index (κ2) is 5.14. The van der Waals surface area contributed by atoms with Crippen molar-refractivity contribution in [2.45, 2.75) is 58.4 Å². The van der Waals surface area contributed by atoms with Crippen LogP contribution < -0.4 is 5.32 Å². The molecule has 2 amide bonds. The smallest absolute Gasteiger partial charge is 0.230 e. The van der Waals surface area contributed by atoms with Crippen LogP contribution >= 0.6 is 0 Å². The molecular weight excluding hydrogens is 252 g/mol. The third kappa shape index (κ3) is 2.39. The van der Waals surface area contributed by atoms with Crippen LogP contribution in [0.2, 0.25) is 0 Å². The first-order valence-electron chi connectivity index (χ1n) is 8.08. The van der Waals surface area contributed by atoms with E-state index in [2.05, 4.69) is 24.1 Å². The maximum Gasteiger partial charge on any atom is 0.230 e. The van der Waals surface area contributed by atoms with Crippen LogP contribution in [0.25, 0.3) is 0 Å². The van der Waals surface area contributed by atoms with Gasteiger partial charge in [0.05, 0.1) is 0 Å². The van der Waals surface area contributed by atoms with E-state index in [1.807, 2.05) is 0 Å². The molecule has 3 atom stereocenters. The minimum atomic E-state index is -0.0603. The van der Waals surface area contributed by atoms with Gasteiger partial charge in [0.25, 0.3) is 0 Å². The van der Waals surface area contributed by atoms with Crippen molar-refractivity contribution in [3.05, 3.63) is 0 Å². The summed E-state index contributed by atoms with van der Waals surface area (Å²) in [5.74, 6) is 0.461. The standard InChI is InChI=1S/C16H26N2O2/c1-11(2)8-13-15(20)17-14(19)10-16(13)5-7-18-6-3-4-12(18)9-16/h11-13H,3-10H2,1-2H3,(H,17,19,20). The number of amides is 2. The molecule has 0 bridgehead atoms. The van der Waals surface area contributed by atoms with Gasteiger partial charge in [0.2, 0.25) is 11.8 Å². The van der Waals surface area contributed by atoms with Crippen molar-refractivity contribution >= 4 is 11.8 Å². The number of piperidine rings is 2. The molecule has 112 valence electrons. The summed E-state index contributed by atoms with van der Waals surface area (Å²) in [5.41, 5.74) is -0.0603. The van der Waals surface area contributed by atoms with Gasteiger partial charge in [0.1, 0.15) is 0 Å². The summed E-state index contributed by atoms with van der Waals surface area (Å²) in [6.45, 7) is 6.61. The number of fused-ring (bicyclic) bond motifs is 1. The minimum absolute atomic E-state index is 0.0126. The van der Waals surface area contributed by atoms with E-state index in [0.717, 1.165) is 25.8 Å². The number of nitrogens with zero attached hydrogens (tertiary/aromatic N) is 1. The molecule has 3 unspecified atom stereocenters. The quantitative estimate of drug-likeness (QED) is 0.785. The monoisotopic (exact) mass is 278 g/mol. The molecule has 0 aromatic carbocycles. The van der Waals surface area contributed by atoms with E-state index < -0.39 is 0 Å². The van der Waals surface area contributed by atoms with Crippen molar-refractivity contribution < 1.29 is 9.59 Å². The highest BCUT2D eigenvalue weighted by molar-refractivity contribution is 5.99. The summed E-state index contributed by atoms with van der Waals surface area (Å²) < 4.78 is 0. The predicted molar refractivity (Wildman–Crippen MR) is 77.0 cm³/mol. The molecular formula is C16H26N2O2. The first kappa shape index (κ1) is 14.1. The van der Waals surface area contributed by atoms with E-state index in [-0.39, 0.29) is 23.1 Å². The average Bonchev–Trinajstić information content (AvgIpc) is 2.80. The molecule has 3 aliphatic rings. The molecule has 0 aromatic heterocycles. The van der Waals surface area contributed by atoms with E-state index >= 15 is 0 Å². The van der Waals surface area contributed by atoms with Crippen molar-refractivity contribution in [1.82, 2.24) is 10.2 Å². The van der Waals surface area contributed by atoms with Crippen molar-refractivity contribution in [1.29, 1.82) is 0 Å². The van der Waals surface area contributed by atoms with Crippen LogP contribution in [0.1, 0.15) is 52.4 Å². The lowest BCUT2D eigenvalue weighted by atomic mass is 9.61. The van der Waals surface area contributed by atoms with E-state index in [4.69, 9.17) is 0 Å². The Morgan fingerprint density at radius 3 is 2.90 bits per heavy atom. The second-order valence-electron chi connectivity index (χ2n) is 7.42. The van der Waals surface area contributed by atoms with Gasteiger partial charge in [-0.3, -0.25) is 14.9 Å². The molecule has 3 heterocycles. The SMILES string of the molecule is CC(C)CC1C(=O)NC(=O)CC12CCN1CCCC1C2. The molecule has 4 heteroatoms. The Morgan fingerprint density at radius 1 is 1.35 bits per heavy atom. The number of carbonyl (C=O) groups is 2. The van der Waals surface area contributed by atoms with Crippen LogP contribution in [0.3, 0.4) is 0 Å². The normalized spacial score (nSPS) is 38.4. The van der Waals surface area contributed by atoms with Crippen LogP contribution in [0.15, 0.2) is 0 Å². The molecule has 1 N–H and O–H groups in total. The fourth-order valence-corrected chi connectivity index (χ4v) is 4.65. The Kier molecular flexibility index (Phi) is 3.61. The van der Waals surface area contributed by atoms with Crippen LogP contribution in [-0.2, 0) is 9.59 Å². The Labute approximate surface area is 121 Å². The minimum Gasteiger partial charge on any atom is -0.300 e. The summed E-state index contributed by atoms with van der Waals surface area (Å²) in [5, 5.41) is 2.57. The Hall–Kier alpha value is -0.900. The summed E-state index contributed by atoms with van der Waals surface area (Å²) >= 11 is 0. The van der Waals surface area contributed by atoms with E-state index in [1.165, 1.54) is 19.4 Å². The molecule has 3 fully saturated rings. The lowest BCUT2D eigenvalue weighted by Crippen LogP contribution is -2.57. The highest BCUT2D eigenvalue weighted by Gasteiger charge is 2.52. The number of hydrogen-bond acceptors (Lipinski definition) is 3. The fraction of sp³-hybridized carbons (Fsp3) is 0.875. The van der Waals surface area contributed by atoms with Crippen molar-refractivity contribution in [2.24, 2.45) is 17.3 Å². The van der Waals surface area contributed by atoms with Gasteiger partial charge in [-0.05, 0) is 56.5 Å². The predicted octanol–water partition coefficient (Wildman–Crippen LogP) is 1.94. The lowest BCUT2D eigenvalue weighted by Gasteiger charge is -2.50. The number of hydrogen-bond donors (Lipinski definition) is 1. The van der Waals surface area contributed by atoms with E-state index in [1.54, 1.807) is 0 Å². The van der Waals surface area contributed by atoms with Gasteiger partial charge in [0, 0.05) is 18.4 Å². The lowest BCUT2D eigenvalue weighted by molar-refractivity contribution is -0.148. The van der Waals surface area contributed by atoms with E-state index in [0.29, 0.717) is 18.4 Å². The van der Waals surface area contributed by atoms with Gasteiger partial charge in [-0.25, -0.2) is 0 Å². The zero-order valence-corrected chi connectivity index (χ0v) is 12.7. The van der Waals surface area contributed by atoms with Crippen LogP contribution in [-0.4, -0.2) is 35.8 Å². The Morgan fingerprint density at radius 2 is 2.15 bits per heavy atom. The molecule has 0 aromatic rings. The van der Waals surface area contributed by atoms with Gasteiger partial charge in [-0.1, -0.05) is 13.8 Å². The number of imide groups is 1. The summed E-state index contributed by atoms with van der Waals surface area (Å²) in [7, 11) is 0. The molecule has 1 spiro atoms. The topological polar surface area (TPSA) is 49.4 Å². The summed E-state index contributed by atoms with van der Waals surface area (Å²) in [6.07, 6.45) is 6.04. The summed E-state index contributed by atoms with van der Waals surface area (Å²) in [4.78, 5) is 26.8. The Bertz CT molecular complexity index is 421. The highest BCUT2D eigenvalue weighted by Crippen LogP contribution is 2.50. The largest absolute Gasteiger partial charge is 0.300 e. The zero-order chi connectivity index (χ0) is 14.3. The molecule has 3 saturated heterocycles. The third-order valence-corrected chi connectivity index (χ3v) is 5.58. The first-order chi connectivity index (χ1) is 9.50. The molecule has 3 rings (SSSR count). The van der Waals surface area contributed by atoms with Gasteiger partial charge in [-0.2, -0.15) is 0 Å². The van der Waals surface area contributed by atoms with Gasteiger partial charge in [0.15, 0.2) is 0 Å². The highest BCUT2D eigenvalue weighted by atomic mass is 16.2. The van der Waals surface area contributed by atoms with Gasteiger partial charge in [-0.15, -0.1) is 0 Å². The van der Waals surface area contributed by atoms with Crippen molar-refractivity contribution in [2.75, 3.05) is 13.1 Å². The van der Waals surface area contributed by atoms with Gasteiger partial charge < -0.3 is 4.90 Å². The molecule has 0 aliphatic carbocycles. The fourth-order valence-electron chi connectivity index (χ4n) is 4.65. The molecule has 4 nitrogen and oxygen atoms in total. The first-order valence-corrected chi connectivity index (χ1v) is 8.08. The second-order valence-corrected chi connectivity index (χ2v) is 7.42. The van der Waals surface area contributed by atoms with Crippen molar-refractivity contribution in [3.63, 3.8) is 0 Å². The molecule has 20 heavy (non-hydrogen) atoms. The number of nitrogens with one attached hydrogen (secondary N) is 1. The Balaban J connectivity index is 1.85.